The number of carbonyl (C=O) groups is 1. The lowest BCUT2D eigenvalue weighted by Gasteiger charge is -2.24. The highest BCUT2D eigenvalue weighted by Gasteiger charge is 2.67. The summed E-state index contributed by atoms with van der Waals surface area (Å²) in [6.07, 6.45) is 0.183. The van der Waals surface area contributed by atoms with Crippen molar-refractivity contribution in [1.29, 1.82) is 0 Å². The van der Waals surface area contributed by atoms with E-state index in [1.165, 1.54) is 42.3 Å². The first-order chi connectivity index (χ1) is 29.3. The van der Waals surface area contributed by atoms with Gasteiger partial charge in [0.05, 0.1) is 56.2 Å². The number of nitrogens with one attached hydrogen (secondary N) is 2. The van der Waals surface area contributed by atoms with Gasteiger partial charge >= 0.3 is 0 Å². The minimum Gasteiger partial charge on any atom is -0.344 e. The Kier molecular flexibility index (Phi) is 9.69. The number of fused-ring (bicyclic) bond motifs is 5. The Balaban J connectivity index is 1.26. The van der Waals surface area contributed by atoms with Crippen molar-refractivity contribution in [3.8, 4) is 16.9 Å². The van der Waals surface area contributed by atoms with Crippen molar-refractivity contribution in [3.05, 3.63) is 122 Å². The van der Waals surface area contributed by atoms with Gasteiger partial charge in [-0.15, -0.1) is 0 Å². The van der Waals surface area contributed by atoms with E-state index in [-0.39, 0.29) is 61.7 Å². The molecule has 2 aliphatic rings. The van der Waals surface area contributed by atoms with Crippen molar-refractivity contribution in [3.63, 3.8) is 0 Å². The number of alkyl halides is 4. The Hall–Kier alpha value is -6.35. The molecule has 1 amide bonds. The van der Waals surface area contributed by atoms with Crippen LogP contribution >= 0.6 is 11.6 Å². The minimum absolute atomic E-state index is 0.00634. The normalized spacial score (nSPS) is 17.1. The standard InChI is InChI=1S/C40H31ClF6N10O4S/c1-17-32(49-9-8-48-17)19-4-5-22-26(13-19)51-38(57(39(22)59)28-7-6-25(41)31-34(28)55(2)53-37(31)54-62(3,60)61)27(12-18-10-20(42)14-21(43)11-18)50-29(58)16-56-35-30(33(52-56)36(44)45)23-15-24(23)40(35,46)47/h4-11,13-14,23-24,27,36H,12,15-16H2,1-3H3,(H,50,58)(H,53,54)/t23-,24+,27-/m0/s1. The molecule has 0 unspecified atom stereocenters. The van der Waals surface area contributed by atoms with E-state index >= 15 is 13.6 Å². The lowest BCUT2D eigenvalue weighted by molar-refractivity contribution is -0.123. The molecule has 1 saturated carbocycles. The molecule has 4 aromatic heterocycles. The summed E-state index contributed by atoms with van der Waals surface area (Å²) in [7, 11) is -2.46. The summed E-state index contributed by atoms with van der Waals surface area (Å²) in [6.45, 7) is 0.733. The second kappa shape index (κ2) is 14.6. The SMILES string of the molecule is Cc1nccnc1-c1ccc2c(=O)n(-c3ccc(Cl)c4c(NS(C)(=O)=O)nn(C)c34)c([C@H](Cc3cc(F)cc(F)c3)NC(=O)Cn3nc(C(F)F)c4c3C(F)(F)[C@@H]3C[C@H]43)nc2c1. The monoisotopic (exact) mass is 896 g/mol. The molecule has 2 aliphatic carbocycles. The summed E-state index contributed by atoms with van der Waals surface area (Å²) < 4.78 is 119. The molecule has 7 aromatic rings. The summed E-state index contributed by atoms with van der Waals surface area (Å²) in [5.74, 6) is -9.06. The Labute approximate surface area is 351 Å². The van der Waals surface area contributed by atoms with E-state index in [1.807, 2.05) is 0 Å². The smallest absolute Gasteiger partial charge is 0.293 e. The first kappa shape index (κ1) is 41.0. The van der Waals surface area contributed by atoms with Crippen LogP contribution in [0.3, 0.4) is 0 Å². The zero-order valence-electron chi connectivity index (χ0n) is 32.5. The highest BCUT2D eigenvalue weighted by molar-refractivity contribution is 7.92. The molecule has 320 valence electrons. The number of carbonyl (C=O) groups excluding carboxylic acids is 1. The van der Waals surface area contributed by atoms with Crippen molar-refractivity contribution in [2.24, 2.45) is 13.0 Å². The molecule has 0 radical (unpaired) electrons. The number of halogens is 7. The molecule has 0 bridgehead atoms. The number of aromatic nitrogens is 8. The van der Waals surface area contributed by atoms with Crippen LogP contribution in [0.25, 0.3) is 38.8 Å². The number of aryl methyl sites for hydroxylation is 2. The molecule has 0 aliphatic heterocycles. The van der Waals surface area contributed by atoms with E-state index in [9.17, 15) is 30.8 Å². The van der Waals surface area contributed by atoms with E-state index in [0.29, 0.717) is 27.7 Å². The molecular formula is C40H31ClF6N10O4S. The Bertz CT molecular complexity index is 3190. The third-order valence-corrected chi connectivity index (χ3v) is 11.8. The van der Waals surface area contributed by atoms with Crippen molar-refractivity contribution in [2.75, 3.05) is 11.0 Å². The second-order valence-corrected chi connectivity index (χ2v) is 17.4. The Morgan fingerprint density at radius 1 is 1.03 bits per heavy atom. The van der Waals surface area contributed by atoms with Crippen LogP contribution in [0.15, 0.2) is 65.7 Å². The number of nitrogens with zero attached hydrogens (tertiary/aromatic N) is 8. The molecule has 0 saturated heterocycles. The Morgan fingerprint density at radius 3 is 2.45 bits per heavy atom. The summed E-state index contributed by atoms with van der Waals surface area (Å²) in [5.41, 5.74) is -1.05. The van der Waals surface area contributed by atoms with Gasteiger partial charge in [0.15, 0.2) is 5.82 Å². The molecule has 9 rings (SSSR count). The van der Waals surface area contributed by atoms with Crippen LogP contribution in [0, 0.1) is 24.5 Å². The fraction of sp³-hybridized carbons (Fsp3) is 0.275. The fourth-order valence-corrected chi connectivity index (χ4v) is 9.15. The molecule has 4 heterocycles. The topological polar surface area (TPSA) is 172 Å². The first-order valence-corrected chi connectivity index (χ1v) is 21.1. The lowest BCUT2D eigenvalue weighted by Crippen LogP contribution is -2.38. The lowest BCUT2D eigenvalue weighted by atomic mass is 10.0. The van der Waals surface area contributed by atoms with Crippen LogP contribution in [0.4, 0.5) is 32.2 Å². The average Bonchev–Trinajstić information content (AvgIpc) is 3.73. The van der Waals surface area contributed by atoms with Gasteiger partial charge in [-0.05, 0) is 61.2 Å². The molecule has 0 spiro atoms. The maximum absolute atomic E-state index is 15.5. The van der Waals surface area contributed by atoms with Gasteiger partial charge in [-0.1, -0.05) is 17.7 Å². The van der Waals surface area contributed by atoms with Gasteiger partial charge in [0, 0.05) is 49.0 Å². The third kappa shape index (κ3) is 7.01. The highest BCUT2D eigenvalue weighted by atomic mass is 35.5. The fourth-order valence-electron chi connectivity index (χ4n) is 8.42. The Morgan fingerprint density at radius 2 is 1.76 bits per heavy atom. The molecule has 22 heteroatoms. The van der Waals surface area contributed by atoms with E-state index in [1.54, 1.807) is 19.1 Å². The van der Waals surface area contributed by atoms with E-state index in [0.717, 1.165) is 23.0 Å². The number of hydrogen-bond donors (Lipinski definition) is 2. The van der Waals surface area contributed by atoms with Gasteiger partial charge in [0.2, 0.25) is 15.9 Å². The van der Waals surface area contributed by atoms with Crippen LogP contribution < -0.4 is 15.6 Å². The summed E-state index contributed by atoms with van der Waals surface area (Å²) in [4.78, 5) is 42.7. The number of amides is 1. The van der Waals surface area contributed by atoms with Gasteiger partial charge in [0.25, 0.3) is 17.9 Å². The maximum Gasteiger partial charge on any atom is 0.293 e. The molecular weight excluding hydrogens is 866 g/mol. The van der Waals surface area contributed by atoms with Crippen LogP contribution in [0.2, 0.25) is 5.02 Å². The van der Waals surface area contributed by atoms with E-state index in [2.05, 4.69) is 30.2 Å². The number of anilines is 1. The van der Waals surface area contributed by atoms with Crippen molar-refractivity contribution in [1.82, 2.24) is 44.4 Å². The zero-order chi connectivity index (χ0) is 44.2. The average molecular weight is 897 g/mol. The molecule has 3 aromatic carbocycles. The molecule has 3 atom stereocenters. The number of rotatable bonds is 11. The van der Waals surface area contributed by atoms with Gasteiger partial charge in [-0.25, -0.2) is 31.0 Å². The van der Waals surface area contributed by atoms with Gasteiger partial charge in [-0.2, -0.15) is 19.0 Å². The van der Waals surface area contributed by atoms with Crippen molar-refractivity contribution >= 4 is 55.2 Å². The van der Waals surface area contributed by atoms with Crippen LogP contribution in [-0.2, 0) is 40.8 Å². The molecule has 2 N–H and O–H groups in total. The third-order valence-electron chi connectivity index (χ3n) is 11.0. The quantitative estimate of drug-likeness (QED) is 0.133. The molecule has 62 heavy (non-hydrogen) atoms. The van der Waals surface area contributed by atoms with Crippen molar-refractivity contribution < 1.29 is 39.6 Å². The van der Waals surface area contributed by atoms with E-state index < -0.39 is 87.7 Å². The number of hydrogen-bond acceptors (Lipinski definition) is 9. The predicted octanol–water partition coefficient (Wildman–Crippen LogP) is 6.78. The highest BCUT2D eigenvalue weighted by Crippen LogP contribution is 2.68. The van der Waals surface area contributed by atoms with Crippen molar-refractivity contribution in [2.45, 2.75) is 50.6 Å². The minimum atomic E-state index is -3.91. The summed E-state index contributed by atoms with van der Waals surface area (Å²) in [6, 6.07) is 8.49. The summed E-state index contributed by atoms with van der Waals surface area (Å²) in [5, 5.41) is 10.8. The molecule has 14 nitrogen and oxygen atoms in total. The molecule has 1 fully saturated rings. The summed E-state index contributed by atoms with van der Waals surface area (Å²) >= 11 is 6.63. The van der Waals surface area contributed by atoms with Crippen LogP contribution in [-0.4, -0.2) is 59.7 Å². The number of sulfonamides is 1. The van der Waals surface area contributed by atoms with Gasteiger partial charge in [0.1, 0.15) is 35.4 Å². The van der Waals surface area contributed by atoms with Crippen LogP contribution in [0.5, 0.6) is 0 Å². The maximum atomic E-state index is 15.5. The largest absolute Gasteiger partial charge is 0.344 e. The van der Waals surface area contributed by atoms with Gasteiger partial charge in [-0.3, -0.25) is 38.2 Å². The zero-order valence-corrected chi connectivity index (χ0v) is 34.0. The second-order valence-electron chi connectivity index (χ2n) is 15.2. The first-order valence-electron chi connectivity index (χ1n) is 18.8. The van der Waals surface area contributed by atoms with Crippen LogP contribution in [0.1, 0.15) is 58.8 Å². The predicted molar refractivity (Wildman–Crippen MR) is 214 cm³/mol. The van der Waals surface area contributed by atoms with Gasteiger partial charge < -0.3 is 5.32 Å². The van der Waals surface area contributed by atoms with E-state index in [4.69, 9.17) is 16.6 Å². The number of benzene rings is 3.